The maximum Gasteiger partial charge on any atom is 0.326 e. The third kappa shape index (κ3) is 1.99. The number of aromatic hydroxyl groups is 2. The van der Waals surface area contributed by atoms with E-state index in [4.69, 9.17) is 4.42 Å². The van der Waals surface area contributed by atoms with E-state index in [2.05, 4.69) is 0 Å². The summed E-state index contributed by atoms with van der Waals surface area (Å²) < 4.78 is 5.22. The van der Waals surface area contributed by atoms with Gasteiger partial charge in [-0.05, 0) is 38.6 Å². The third-order valence-corrected chi connectivity index (χ3v) is 4.43. The molecule has 3 rings (SSSR count). The van der Waals surface area contributed by atoms with Crippen LogP contribution in [0.1, 0.15) is 24.8 Å². The van der Waals surface area contributed by atoms with Gasteiger partial charge in [-0.2, -0.15) is 0 Å². The van der Waals surface area contributed by atoms with Gasteiger partial charge in [0.25, 0.3) is 0 Å². The molecule has 0 spiro atoms. The molecule has 2 atom stereocenters. The van der Waals surface area contributed by atoms with E-state index in [0.717, 1.165) is 0 Å². The maximum atomic E-state index is 12.3. The lowest BCUT2D eigenvalue weighted by Gasteiger charge is -2.32. The molecule has 3 aliphatic rings. The van der Waals surface area contributed by atoms with E-state index >= 15 is 0 Å². The predicted octanol–water partition coefficient (Wildman–Crippen LogP) is 1.28. The molecule has 1 fully saturated rings. The Kier molecular flexibility index (Phi) is 2.96. The summed E-state index contributed by atoms with van der Waals surface area (Å²) in [4.78, 5) is 14.1. The van der Waals surface area contributed by atoms with Gasteiger partial charge in [0, 0.05) is 18.0 Å². The highest BCUT2D eigenvalue weighted by molar-refractivity contribution is 5.66. The zero-order valence-electron chi connectivity index (χ0n) is 11.8. The summed E-state index contributed by atoms with van der Waals surface area (Å²) in [5.41, 5.74) is -0.587. The van der Waals surface area contributed by atoms with Gasteiger partial charge in [0.05, 0.1) is 5.56 Å². The summed E-state index contributed by atoms with van der Waals surface area (Å²) in [5, 5.41) is 29.7. The Hall–Kier alpha value is -2.05. The summed E-state index contributed by atoms with van der Waals surface area (Å²) in [6, 6.07) is 4.25. The highest BCUT2D eigenvalue weighted by Crippen LogP contribution is 2.44. The van der Waals surface area contributed by atoms with Crippen molar-refractivity contribution in [1.82, 2.24) is 4.90 Å². The number of likely N-dealkylation sites (N-methyl/N-ethyl adjacent to an activating group) is 1. The van der Waals surface area contributed by atoms with Gasteiger partial charge in [0.15, 0.2) is 11.2 Å². The van der Waals surface area contributed by atoms with Crippen molar-refractivity contribution in [2.24, 2.45) is 0 Å². The van der Waals surface area contributed by atoms with Gasteiger partial charge in [0.1, 0.15) is 11.5 Å². The predicted molar refractivity (Wildman–Crippen MR) is 75.5 cm³/mol. The average molecular weight is 291 g/mol. The van der Waals surface area contributed by atoms with Crippen molar-refractivity contribution in [2.45, 2.75) is 25.0 Å². The lowest BCUT2D eigenvalue weighted by molar-refractivity contribution is -0.0627. The fraction of sp³-hybridized carbons (Fsp3) is 0.400. The van der Waals surface area contributed by atoms with E-state index < -0.39 is 17.6 Å². The smallest absolute Gasteiger partial charge is 0.326 e. The van der Waals surface area contributed by atoms with Crippen molar-refractivity contribution < 1.29 is 19.7 Å². The van der Waals surface area contributed by atoms with Crippen LogP contribution in [0.25, 0.3) is 11.3 Å². The molecule has 2 aliphatic heterocycles. The SMILES string of the molecule is CN1CCC(c2c3oc(O)c(O)cc-3ccc2=O)C1(C)O. The van der Waals surface area contributed by atoms with Crippen LogP contribution in [-0.4, -0.2) is 39.5 Å². The van der Waals surface area contributed by atoms with Crippen LogP contribution in [0.4, 0.5) is 0 Å². The van der Waals surface area contributed by atoms with Gasteiger partial charge in [-0.1, -0.05) is 0 Å². The van der Waals surface area contributed by atoms with Gasteiger partial charge in [-0.15, -0.1) is 0 Å². The first-order valence-electron chi connectivity index (χ1n) is 6.74. The lowest BCUT2D eigenvalue weighted by atomic mass is 9.86. The Morgan fingerprint density at radius 1 is 1.38 bits per heavy atom. The van der Waals surface area contributed by atoms with E-state index in [1.807, 2.05) is 0 Å². The molecule has 0 aromatic carbocycles. The highest BCUT2D eigenvalue weighted by Gasteiger charge is 2.45. The minimum atomic E-state index is -1.17. The number of rotatable bonds is 1. The molecule has 6 heteroatoms. The van der Waals surface area contributed by atoms with Gasteiger partial charge in [-0.25, -0.2) is 0 Å². The van der Waals surface area contributed by atoms with Crippen LogP contribution in [0.15, 0.2) is 27.4 Å². The van der Waals surface area contributed by atoms with E-state index in [-0.39, 0.29) is 16.9 Å². The molecule has 0 aromatic rings. The fourth-order valence-electron chi connectivity index (χ4n) is 3.02. The number of hydrogen-bond acceptors (Lipinski definition) is 6. The second kappa shape index (κ2) is 4.47. The van der Waals surface area contributed by atoms with E-state index in [1.165, 1.54) is 18.2 Å². The summed E-state index contributed by atoms with van der Waals surface area (Å²) in [6.45, 7) is 2.31. The zero-order chi connectivity index (χ0) is 15.4. The molecule has 6 nitrogen and oxygen atoms in total. The standard InChI is InChI=1S/C15H17NO5/c1-15(20)9(5-6-16(15)2)12-10(17)4-3-8-7-11(18)14(19)21-13(8)12/h3-4,7,9,18-20H,5-6H2,1-2H3. The molecule has 21 heavy (non-hydrogen) atoms. The lowest BCUT2D eigenvalue weighted by Crippen LogP contribution is -2.43. The molecule has 0 radical (unpaired) electrons. The van der Waals surface area contributed by atoms with Crippen molar-refractivity contribution in [1.29, 1.82) is 0 Å². The molecular formula is C15H17NO5. The van der Waals surface area contributed by atoms with Crippen molar-refractivity contribution in [3.63, 3.8) is 0 Å². The van der Waals surface area contributed by atoms with Crippen LogP contribution in [0.5, 0.6) is 11.7 Å². The summed E-state index contributed by atoms with van der Waals surface area (Å²) in [6.07, 6.45) is 0.606. The second-order valence-corrected chi connectivity index (χ2v) is 5.69. The molecular weight excluding hydrogens is 274 g/mol. The molecule has 0 amide bonds. The molecule has 0 aromatic heterocycles. The first-order chi connectivity index (χ1) is 9.82. The summed E-state index contributed by atoms with van der Waals surface area (Å²) in [5.74, 6) is -1.24. The van der Waals surface area contributed by atoms with Crippen molar-refractivity contribution in [3.8, 4) is 23.0 Å². The molecule has 2 unspecified atom stereocenters. The monoisotopic (exact) mass is 291 g/mol. The van der Waals surface area contributed by atoms with Gasteiger partial charge in [0.2, 0.25) is 0 Å². The highest BCUT2D eigenvalue weighted by atomic mass is 16.5. The molecule has 3 N–H and O–H groups in total. The van der Waals surface area contributed by atoms with Crippen molar-refractivity contribution >= 4 is 0 Å². The molecule has 0 bridgehead atoms. The number of fused-ring (bicyclic) bond motifs is 1. The van der Waals surface area contributed by atoms with Crippen LogP contribution in [-0.2, 0) is 0 Å². The number of aliphatic hydroxyl groups is 1. The number of nitrogens with zero attached hydrogens (tertiary/aromatic N) is 1. The van der Waals surface area contributed by atoms with Crippen LogP contribution in [0.3, 0.4) is 0 Å². The fourth-order valence-corrected chi connectivity index (χ4v) is 3.02. The summed E-state index contributed by atoms with van der Waals surface area (Å²) >= 11 is 0. The Bertz CT molecular complexity index is 721. The Morgan fingerprint density at radius 3 is 2.71 bits per heavy atom. The van der Waals surface area contributed by atoms with Gasteiger partial charge >= 0.3 is 5.95 Å². The van der Waals surface area contributed by atoms with Crippen LogP contribution in [0.2, 0.25) is 0 Å². The molecule has 112 valence electrons. The van der Waals surface area contributed by atoms with Crippen molar-refractivity contribution in [2.75, 3.05) is 13.6 Å². The Labute approximate surface area is 121 Å². The minimum absolute atomic E-state index is 0.207. The van der Waals surface area contributed by atoms with Crippen LogP contribution < -0.4 is 5.43 Å². The van der Waals surface area contributed by atoms with E-state index in [9.17, 15) is 20.1 Å². The largest absolute Gasteiger partial charge is 0.502 e. The molecule has 2 heterocycles. The number of likely N-dealkylation sites (tertiary alicyclic amines) is 1. The average Bonchev–Trinajstić information content (AvgIpc) is 2.67. The van der Waals surface area contributed by atoms with Gasteiger partial charge < -0.3 is 19.7 Å². The first-order valence-corrected chi connectivity index (χ1v) is 6.74. The van der Waals surface area contributed by atoms with Gasteiger partial charge in [-0.3, -0.25) is 9.69 Å². The molecule has 1 aliphatic carbocycles. The molecule has 1 saturated heterocycles. The Balaban J connectivity index is 2.26. The number of benzene rings is 1. The van der Waals surface area contributed by atoms with E-state index in [1.54, 1.807) is 18.9 Å². The molecule has 0 saturated carbocycles. The van der Waals surface area contributed by atoms with Crippen molar-refractivity contribution in [3.05, 3.63) is 34.0 Å². The Morgan fingerprint density at radius 2 is 2.10 bits per heavy atom. The second-order valence-electron chi connectivity index (χ2n) is 5.69. The van der Waals surface area contributed by atoms with E-state index in [0.29, 0.717) is 24.1 Å². The topological polar surface area (TPSA) is 94.1 Å². The number of hydrogen-bond donors (Lipinski definition) is 3. The van der Waals surface area contributed by atoms with Crippen LogP contribution in [0, 0.1) is 0 Å². The maximum absolute atomic E-state index is 12.3. The zero-order valence-corrected chi connectivity index (χ0v) is 11.8. The summed E-state index contributed by atoms with van der Waals surface area (Å²) in [7, 11) is 1.79. The third-order valence-electron chi connectivity index (χ3n) is 4.43. The minimum Gasteiger partial charge on any atom is -0.502 e. The van der Waals surface area contributed by atoms with Crippen LogP contribution >= 0.6 is 0 Å². The quantitative estimate of drug-likeness (QED) is 0.733. The normalized spacial score (nSPS) is 26.5. The first kappa shape index (κ1) is 13.9.